The van der Waals surface area contributed by atoms with Crippen LogP contribution in [0.15, 0.2) is 24.3 Å². The number of hydrogen-bond donors (Lipinski definition) is 1. The molecule has 0 unspecified atom stereocenters. The Labute approximate surface area is 127 Å². The molecule has 2 rings (SSSR count). The third-order valence-corrected chi connectivity index (χ3v) is 3.40. The number of pyridine rings is 1. The highest BCUT2D eigenvalue weighted by Gasteiger charge is 2.07. The Hall–Kier alpha value is -1.77. The van der Waals surface area contributed by atoms with Gasteiger partial charge in [-0.15, -0.1) is 0 Å². The van der Waals surface area contributed by atoms with E-state index in [4.69, 9.17) is 9.72 Å². The molecule has 0 aliphatic heterocycles. The zero-order valence-corrected chi connectivity index (χ0v) is 13.4. The largest absolute Gasteiger partial charge is 0.494 e. The molecule has 0 amide bonds. The van der Waals surface area contributed by atoms with E-state index in [1.807, 2.05) is 12.1 Å². The van der Waals surface area contributed by atoms with Gasteiger partial charge >= 0.3 is 0 Å². The molecule has 0 saturated heterocycles. The predicted octanol–water partition coefficient (Wildman–Crippen LogP) is 4.80. The van der Waals surface area contributed by atoms with Crippen molar-refractivity contribution in [2.75, 3.05) is 18.5 Å². The molecule has 2 aromatic rings. The Morgan fingerprint density at radius 1 is 1.05 bits per heavy atom. The number of aromatic nitrogens is 1. The van der Waals surface area contributed by atoms with E-state index < -0.39 is 0 Å². The molecule has 0 radical (unpaired) electrons. The van der Waals surface area contributed by atoms with Crippen molar-refractivity contribution in [3.63, 3.8) is 0 Å². The molecule has 0 atom stereocenters. The number of ether oxygens (including phenoxy) is 1. The number of anilines is 1. The van der Waals surface area contributed by atoms with Crippen molar-refractivity contribution in [2.45, 2.75) is 46.5 Å². The quantitative estimate of drug-likeness (QED) is 0.757. The van der Waals surface area contributed by atoms with Crippen LogP contribution in [0.3, 0.4) is 0 Å². The first-order chi connectivity index (χ1) is 10.3. The monoisotopic (exact) mass is 286 g/mol. The first kappa shape index (κ1) is 15.6. The van der Waals surface area contributed by atoms with E-state index in [-0.39, 0.29) is 0 Å². The van der Waals surface area contributed by atoms with E-state index in [2.05, 4.69) is 38.2 Å². The topological polar surface area (TPSA) is 34.2 Å². The van der Waals surface area contributed by atoms with Crippen LogP contribution in [-0.4, -0.2) is 18.1 Å². The SMILES string of the molecule is CCCNc1nc2ccc(OCCC)cc2cc1CCC. The van der Waals surface area contributed by atoms with E-state index in [1.165, 1.54) is 5.56 Å². The average Bonchev–Trinajstić information content (AvgIpc) is 2.51. The summed E-state index contributed by atoms with van der Waals surface area (Å²) in [5.41, 5.74) is 2.32. The van der Waals surface area contributed by atoms with Gasteiger partial charge in [0.2, 0.25) is 0 Å². The molecule has 0 bridgehead atoms. The lowest BCUT2D eigenvalue weighted by Crippen LogP contribution is -2.05. The molecule has 114 valence electrons. The van der Waals surface area contributed by atoms with Crippen LogP contribution in [0.1, 0.15) is 45.6 Å². The van der Waals surface area contributed by atoms with Crippen LogP contribution < -0.4 is 10.1 Å². The van der Waals surface area contributed by atoms with Crippen molar-refractivity contribution in [2.24, 2.45) is 0 Å². The summed E-state index contributed by atoms with van der Waals surface area (Å²) in [5.74, 6) is 1.97. The van der Waals surface area contributed by atoms with Gasteiger partial charge in [0, 0.05) is 11.9 Å². The maximum atomic E-state index is 5.71. The highest BCUT2D eigenvalue weighted by atomic mass is 16.5. The third-order valence-electron chi connectivity index (χ3n) is 3.40. The van der Waals surface area contributed by atoms with E-state index in [9.17, 15) is 0 Å². The van der Waals surface area contributed by atoms with Crippen molar-refractivity contribution in [3.8, 4) is 5.75 Å². The molecule has 1 heterocycles. The zero-order valence-electron chi connectivity index (χ0n) is 13.4. The molecule has 1 aromatic heterocycles. The Balaban J connectivity index is 2.34. The molecule has 21 heavy (non-hydrogen) atoms. The maximum Gasteiger partial charge on any atom is 0.129 e. The number of rotatable bonds is 8. The molecule has 1 aromatic carbocycles. The molecule has 1 N–H and O–H groups in total. The molecule has 3 heteroatoms. The highest BCUT2D eigenvalue weighted by Crippen LogP contribution is 2.25. The number of nitrogens with one attached hydrogen (secondary N) is 1. The summed E-state index contributed by atoms with van der Waals surface area (Å²) in [6.45, 7) is 8.22. The van der Waals surface area contributed by atoms with Crippen LogP contribution in [-0.2, 0) is 6.42 Å². The first-order valence-corrected chi connectivity index (χ1v) is 8.08. The minimum atomic E-state index is 0.761. The number of nitrogens with zero attached hydrogens (tertiary/aromatic N) is 1. The second-order valence-corrected chi connectivity index (χ2v) is 5.38. The lowest BCUT2D eigenvalue weighted by molar-refractivity contribution is 0.318. The van der Waals surface area contributed by atoms with Crippen LogP contribution in [0.5, 0.6) is 5.75 Å². The van der Waals surface area contributed by atoms with Gasteiger partial charge in [-0.1, -0.05) is 27.2 Å². The summed E-state index contributed by atoms with van der Waals surface area (Å²) in [5, 5.41) is 4.61. The lowest BCUT2D eigenvalue weighted by Gasteiger charge is -2.12. The summed E-state index contributed by atoms with van der Waals surface area (Å²) in [4.78, 5) is 4.79. The van der Waals surface area contributed by atoms with Crippen molar-refractivity contribution < 1.29 is 4.74 Å². The normalized spacial score (nSPS) is 10.8. The number of fused-ring (bicyclic) bond motifs is 1. The first-order valence-electron chi connectivity index (χ1n) is 8.08. The van der Waals surface area contributed by atoms with Gasteiger partial charge in [-0.05, 0) is 49.1 Å². The molecule has 0 fully saturated rings. The van der Waals surface area contributed by atoms with Gasteiger partial charge in [-0.25, -0.2) is 4.98 Å². The average molecular weight is 286 g/mol. The second kappa shape index (κ2) is 7.87. The summed E-state index contributed by atoms with van der Waals surface area (Å²) in [6, 6.07) is 8.41. The van der Waals surface area contributed by atoms with Crippen molar-refractivity contribution in [1.82, 2.24) is 4.98 Å². The van der Waals surface area contributed by atoms with Crippen LogP contribution in [0.2, 0.25) is 0 Å². The van der Waals surface area contributed by atoms with Gasteiger partial charge in [-0.2, -0.15) is 0 Å². The van der Waals surface area contributed by atoms with E-state index in [0.29, 0.717) is 0 Å². The van der Waals surface area contributed by atoms with Gasteiger partial charge < -0.3 is 10.1 Å². The van der Waals surface area contributed by atoms with Gasteiger partial charge in [-0.3, -0.25) is 0 Å². The molecular weight excluding hydrogens is 260 g/mol. The van der Waals surface area contributed by atoms with Crippen molar-refractivity contribution >= 4 is 16.7 Å². The minimum absolute atomic E-state index is 0.761. The fourth-order valence-electron chi connectivity index (χ4n) is 2.36. The number of benzene rings is 1. The molecule has 0 aliphatic rings. The zero-order chi connectivity index (χ0) is 15.1. The van der Waals surface area contributed by atoms with Gasteiger partial charge in [0.05, 0.1) is 12.1 Å². The summed E-state index contributed by atoms with van der Waals surface area (Å²) in [7, 11) is 0. The van der Waals surface area contributed by atoms with Crippen molar-refractivity contribution in [1.29, 1.82) is 0 Å². The van der Waals surface area contributed by atoms with Crippen molar-refractivity contribution in [3.05, 3.63) is 29.8 Å². The minimum Gasteiger partial charge on any atom is -0.494 e. The molecule has 0 spiro atoms. The Morgan fingerprint density at radius 3 is 2.62 bits per heavy atom. The number of hydrogen-bond acceptors (Lipinski definition) is 3. The van der Waals surface area contributed by atoms with Crippen LogP contribution in [0.4, 0.5) is 5.82 Å². The van der Waals surface area contributed by atoms with Gasteiger partial charge in [0.25, 0.3) is 0 Å². The standard InChI is InChI=1S/C18H26N2O/c1-4-7-14-12-15-13-16(21-11-6-3)8-9-17(15)20-18(14)19-10-5-2/h8-9,12-13H,4-7,10-11H2,1-3H3,(H,19,20). The molecule has 0 saturated carbocycles. The molecule has 3 nitrogen and oxygen atoms in total. The summed E-state index contributed by atoms with van der Waals surface area (Å²) >= 11 is 0. The third kappa shape index (κ3) is 4.10. The second-order valence-electron chi connectivity index (χ2n) is 5.38. The number of aryl methyl sites for hydroxylation is 1. The van der Waals surface area contributed by atoms with E-state index in [0.717, 1.165) is 61.3 Å². The summed E-state index contributed by atoms with van der Waals surface area (Å²) < 4.78 is 5.71. The van der Waals surface area contributed by atoms with Crippen LogP contribution >= 0.6 is 0 Å². The van der Waals surface area contributed by atoms with Crippen LogP contribution in [0.25, 0.3) is 10.9 Å². The lowest BCUT2D eigenvalue weighted by atomic mass is 10.1. The fourth-order valence-corrected chi connectivity index (χ4v) is 2.36. The molecular formula is C18H26N2O. The Kier molecular flexibility index (Phi) is 5.85. The van der Waals surface area contributed by atoms with E-state index in [1.54, 1.807) is 0 Å². The highest BCUT2D eigenvalue weighted by molar-refractivity contribution is 5.83. The predicted molar refractivity (Wildman–Crippen MR) is 90.3 cm³/mol. The maximum absolute atomic E-state index is 5.71. The summed E-state index contributed by atoms with van der Waals surface area (Å²) in [6.07, 6.45) is 4.31. The smallest absolute Gasteiger partial charge is 0.129 e. The van der Waals surface area contributed by atoms with Gasteiger partial charge in [0.15, 0.2) is 0 Å². The van der Waals surface area contributed by atoms with Gasteiger partial charge in [0.1, 0.15) is 11.6 Å². The Bertz CT molecular complexity index is 581. The van der Waals surface area contributed by atoms with E-state index >= 15 is 0 Å². The molecule has 0 aliphatic carbocycles. The van der Waals surface area contributed by atoms with Crippen LogP contribution in [0, 0.1) is 0 Å². The Morgan fingerprint density at radius 2 is 1.90 bits per heavy atom. The fraction of sp³-hybridized carbons (Fsp3) is 0.500.